The van der Waals surface area contributed by atoms with Gasteiger partial charge in [-0.15, -0.1) is 0 Å². The molecule has 0 N–H and O–H groups in total. The van der Waals surface area contributed by atoms with E-state index >= 15 is 0 Å². The fourth-order valence-corrected chi connectivity index (χ4v) is 4.41. The molecule has 1 heterocycles. The minimum absolute atomic E-state index is 0.345. The van der Waals surface area contributed by atoms with Crippen LogP contribution in [0.25, 0.3) is 0 Å². The molecule has 0 spiro atoms. The molecule has 2 rings (SSSR count). The highest BCUT2D eigenvalue weighted by Gasteiger charge is 2.29. The van der Waals surface area contributed by atoms with Crippen molar-refractivity contribution in [2.75, 3.05) is 13.1 Å². The van der Waals surface area contributed by atoms with E-state index in [0.717, 1.165) is 31.4 Å². The van der Waals surface area contributed by atoms with Crippen LogP contribution in [0, 0.1) is 5.82 Å². The highest BCUT2D eigenvalue weighted by atomic mass is 35.7. The Bertz CT molecular complexity index is 712. The molecule has 0 saturated carbocycles. The van der Waals surface area contributed by atoms with E-state index in [1.807, 2.05) is 0 Å². The van der Waals surface area contributed by atoms with E-state index in [2.05, 4.69) is 0 Å². The number of benzene rings is 1. The van der Waals surface area contributed by atoms with Crippen LogP contribution in [0.2, 0.25) is 0 Å². The summed E-state index contributed by atoms with van der Waals surface area (Å²) in [7, 11) is -2.93. The topological polar surface area (TPSA) is 71.5 Å². The van der Waals surface area contributed by atoms with Gasteiger partial charge in [-0.3, -0.25) is 0 Å². The Hall–Kier alpha value is -0.700. The largest absolute Gasteiger partial charge is 0.261 e. The van der Waals surface area contributed by atoms with Crippen LogP contribution < -0.4 is 0 Å². The molecule has 1 aliphatic rings. The van der Waals surface area contributed by atoms with E-state index in [4.69, 9.17) is 10.7 Å². The molecule has 0 aromatic heterocycles. The van der Waals surface area contributed by atoms with Gasteiger partial charge in [0.25, 0.3) is 9.05 Å². The Morgan fingerprint density at radius 2 is 1.65 bits per heavy atom. The Morgan fingerprint density at radius 3 is 2.15 bits per heavy atom. The van der Waals surface area contributed by atoms with E-state index in [-0.39, 0.29) is 0 Å². The summed E-state index contributed by atoms with van der Waals surface area (Å²) < 4.78 is 61.8. The second-order valence-corrected chi connectivity index (χ2v) is 8.97. The van der Waals surface area contributed by atoms with Crippen LogP contribution >= 0.6 is 10.7 Å². The van der Waals surface area contributed by atoms with Crippen LogP contribution in [0.3, 0.4) is 0 Å². The Balaban J connectivity index is 2.42. The lowest BCUT2D eigenvalue weighted by Gasteiger charge is -2.26. The van der Waals surface area contributed by atoms with Crippen molar-refractivity contribution in [1.82, 2.24) is 4.31 Å². The standard InChI is InChI=1S/C11H13ClFNO4S2/c12-19(15,16)9-4-5-11(10(13)8-9)20(17,18)14-6-2-1-3-7-14/h4-5,8H,1-3,6-7H2. The minimum atomic E-state index is -4.09. The van der Waals surface area contributed by atoms with Crippen LogP contribution in [0.15, 0.2) is 28.0 Å². The first-order valence-electron chi connectivity index (χ1n) is 5.97. The van der Waals surface area contributed by atoms with E-state index < -0.39 is 34.7 Å². The van der Waals surface area contributed by atoms with Gasteiger partial charge in [-0.1, -0.05) is 6.42 Å². The van der Waals surface area contributed by atoms with Crippen molar-refractivity contribution >= 4 is 29.8 Å². The average molecular weight is 342 g/mol. The Labute approximate surface area is 121 Å². The van der Waals surface area contributed by atoms with Crippen molar-refractivity contribution in [3.05, 3.63) is 24.0 Å². The molecule has 1 aromatic carbocycles. The molecule has 1 saturated heterocycles. The van der Waals surface area contributed by atoms with E-state index in [1.165, 1.54) is 4.31 Å². The van der Waals surface area contributed by atoms with Gasteiger partial charge in [0.15, 0.2) is 0 Å². The fraction of sp³-hybridized carbons (Fsp3) is 0.455. The molecule has 0 amide bonds. The molecule has 20 heavy (non-hydrogen) atoms. The van der Waals surface area contributed by atoms with Gasteiger partial charge < -0.3 is 0 Å². The molecule has 0 aliphatic carbocycles. The van der Waals surface area contributed by atoms with E-state index in [0.29, 0.717) is 19.2 Å². The molecule has 0 radical (unpaired) electrons. The fourth-order valence-electron chi connectivity index (χ4n) is 2.09. The van der Waals surface area contributed by atoms with Crippen LogP contribution in [-0.4, -0.2) is 34.2 Å². The van der Waals surface area contributed by atoms with E-state index in [1.54, 1.807) is 0 Å². The number of sulfonamides is 1. The maximum absolute atomic E-state index is 13.9. The smallest absolute Gasteiger partial charge is 0.207 e. The van der Waals surface area contributed by atoms with Gasteiger partial charge in [0, 0.05) is 23.8 Å². The van der Waals surface area contributed by atoms with Crippen molar-refractivity contribution in [3.63, 3.8) is 0 Å². The van der Waals surface area contributed by atoms with Gasteiger partial charge in [0.1, 0.15) is 10.7 Å². The van der Waals surface area contributed by atoms with Crippen LogP contribution in [0.1, 0.15) is 19.3 Å². The lowest BCUT2D eigenvalue weighted by Crippen LogP contribution is -2.36. The molecular formula is C11H13ClFNO4S2. The molecule has 0 atom stereocenters. The molecule has 9 heteroatoms. The average Bonchev–Trinajstić information content (AvgIpc) is 2.38. The summed E-state index contributed by atoms with van der Waals surface area (Å²) in [6.07, 6.45) is 2.40. The molecule has 5 nitrogen and oxygen atoms in total. The Kier molecular flexibility index (Phi) is 4.38. The SMILES string of the molecule is O=S(=O)(Cl)c1ccc(S(=O)(=O)N2CCCCC2)c(F)c1. The van der Waals surface area contributed by atoms with Gasteiger partial charge in [-0.05, 0) is 31.0 Å². The third-order valence-corrected chi connectivity index (χ3v) is 6.40. The van der Waals surface area contributed by atoms with Crippen LogP contribution in [0.4, 0.5) is 4.39 Å². The minimum Gasteiger partial charge on any atom is -0.207 e. The summed E-state index contributed by atoms with van der Waals surface area (Å²) in [6, 6.07) is 2.55. The van der Waals surface area contributed by atoms with Crippen LogP contribution in [0.5, 0.6) is 0 Å². The molecule has 1 fully saturated rings. The number of hydrogen-bond donors (Lipinski definition) is 0. The first kappa shape index (κ1) is 15.7. The lowest BCUT2D eigenvalue weighted by molar-refractivity contribution is 0.345. The molecule has 112 valence electrons. The zero-order valence-corrected chi connectivity index (χ0v) is 12.8. The third-order valence-electron chi connectivity index (χ3n) is 3.12. The van der Waals surface area contributed by atoms with Crippen molar-refractivity contribution in [2.45, 2.75) is 29.1 Å². The summed E-state index contributed by atoms with van der Waals surface area (Å²) in [5, 5.41) is 0. The van der Waals surface area contributed by atoms with Gasteiger partial charge in [-0.25, -0.2) is 21.2 Å². The predicted molar refractivity (Wildman–Crippen MR) is 72.0 cm³/mol. The Morgan fingerprint density at radius 1 is 1.05 bits per heavy atom. The highest BCUT2D eigenvalue weighted by molar-refractivity contribution is 8.13. The van der Waals surface area contributed by atoms with Gasteiger partial charge >= 0.3 is 0 Å². The highest BCUT2D eigenvalue weighted by Crippen LogP contribution is 2.25. The van der Waals surface area contributed by atoms with Crippen molar-refractivity contribution < 1.29 is 21.2 Å². The lowest BCUT2D eigenvalue weighted by atomic mass is 10.2. The molecule has 0 unspecified atom stereocenters. The third kappa shape index (κ3) is 3.13. The zero-order chi connectivity index (χ0) is 15.0. The normalized spacial score (nSPS) is 18.1. The first-order chi connectivity index (χ1) is 9.23. The van der Waals surface area contributed by atoms with Crippen molar-refractivity contribution in [1.29, 1.82) is 0 Å². The number of hydrogen-bond acceptors (Lipinski definition) is 4. The second kappa shape index (κ2) is 5.59. The van der Waals surface area contributed by atoms with Crippen molar-refractivity contribution in [2.24, 2.45) is 0 Å². The molecule has 0 bridgehead atoms. The summed E-state index contributed by atoms with van der Waals surface area (Å²) >= 11 is 0. The molecule has 1 aromatic rings. The maximum atomic E-state index is 13.9. The second-order valence-electron chi connectivity index (χ2n) is 4.49. The monoisotopic (exact) mass is 341 g/mol. The van der Waals surface area contributed by atoms with Gasteiger partial charge in [0.05, 0.1) is 4.90 Å². The zero-order valence-electron chi connectivity index (χ0n) is 10.4. The number of piperidine rings is 1. The summed E-state index contributed by atoms with van der Waals surface area (Å²) in [5.41, 5.74) is 0. The quantitative estimate of drug-likeness (QED) is 0.787. The summed E-state index contributed by atoms with van der Waals surface area (Å²) in [5.74, 6) is -1.11. The van der Waals surface area contributed by atoms with Gasteiger partial charge in [0.2, 0.25) is 10.0 Å². The van der Waals surface area contributed by atoms with Gasteiger partial charge in [-0.2, -0.15) is 4.31 Å². The molecule has 1 aliphatic heterocycles. The van der Waals surface area contributed by atoms with Crippen molar-refractivity contribution in [3.8, 4) is 0 Å². The number of nitrogens with zero attached hydrogens (tertiary/aromatic N) is 1. The first-order valence-corrected chi connectivity index (χ1v) is 9.72. The number of rotatable bonds is 3. The summed E-state index contributed by atoms with van der Waals surface area (Å²) in [4.78, 5) is -0.988. The van der Waals surface area contributed by atoms with Crippen LogP contribution in [-0.2, 0) is 19.1 Å². The van der Waals surface area contributed by atoms with E-state index in [9.17, 15) is 21.2 Å². The molecular weight excluding hydrogens is 329 g/mol. The maximum Gasteiger partial charge on any atom is 0.261 e. The summed E-state index contributed by atoms with van der Waals surface area (Å²) in [6.45, 7) is 0.689. The number of halogens is 2. The predicted octanol–water partition coefficient (Wildman–Crippen LogP) is 1.93.